The van der Waals surface area contributed by atoms with E-state index >= 15 is 0 Å². The van der Waals surface area contributed by atoms with E-state index in [0.29, 0.717) is 10.8 Å². The number of nitrogens with zero attached hydrogens (tertiary/aromatic N) is 2. The molecular weight excluding hydrogens is 328 g/mol. The molecule has 2 rings (SSSR count). The van der Waals surface area contributed by atoms with E-state index in [-0.39, 0.29) is 17.9 Å². The SMILES string of the molecule is COCC(N)C(=O)Nc1cc(C(C)(C)C)nn1-c1cccc(Cl)c1. The van der Waals surface area contributed by atoms with Gasteiger partial charge in [-0.15, -0.1) is 0 Å². The fourth-order valence-corrected chi connectivity index (χ4v) is 2.30. The first-order chi connectivity index (χ1) is 11.2. The van der Waals surface area contributed by atoms with E-state index in [1.54, 1.807) is 16.8 Å². The van der Waals surface area contributed by atoms with Crippen molar-refractivity contribution in [1.82, 2.24) is 9.78 Å². The van der Waals surface area contributed by atoms with E-state index < -0.39 is 6.04 Å². The average molecular weight is 351 g/mol. The van der Waals surface area contributed by atoms with E-state index in [2.05, 4.69) is 31.2 Å². The fourth-order valence-electron chi connectivity index (χ4n) is 2.12. The summed E-state index contributed by atoms with van der Waals surface area (Å²) in [5.41, 5.74) is 7.23. The highest BCUT2D eigenvalue weighted by Crippen LogP contribution is 2.27. The minimum Gasteiger partial charge on any atom is -0.383 e. The third-order valence-electron chi connectivity index (χ3n) is 3.46. The summed E-state index contributed by atoms with van der Waals surface area (Å²) >= 11 is 6.08. The first kappa shape index (κ1) is 18.4. The molecule has 0 aliphatic rings. The lowest BCUT2D eigenvalue weighted by Crippen LogP contribution is -2.39. The minimum absolute atomic E-state index is 0.142. The van der Waals surface area contributed by atoms with Gasteiger partial charge in [-0.3, -0.25) is 4.79 Å². The Kier molecular flexibility index (Phi) is 5.64. The lowest BCUT2D eigenvalue weighted by molar-refractivity contribution is -0.118. The van der Waals surface area contributed by atoms with Gasteiger partial charge in [0.25, 0.3) is 0 Å². The number of anilines is 1. The molecule has 0 radical (unpaired) electrons. The summed E-state index contributed by atoms with van der Waals surface area (Å²) in [6.45, 7) is 6.31. The predicted octanol–water partition coefficient (Wildman–Crippen LogP) is 2.74. The summed E-state index contributed by atoms with van der Waals surface area (Å²) in [7, 11) is 1.50. The van der Waals surface area contributed by atoms with Gasteiger partial charge in [-0.1, -0.05) is 38.4 Å². The summed E-state index contributed by atoms with van der Waals surface area (Å²) in [5, 5.41) is 8.03. The van der Waals surface area contributed by atoms with Crippen LogP contribution >= 0.6 is 11.6 Å². The van der Waals surface area contributed by atoms with Crippen LogP contribution in [0.4, 0.5) is 5.82 Å². The number of aromatic nitrogens is 2. The molecule has 0 aliphatic heterocycles. The fraction of sp³-hybridized carbons (Fsp3) is 0.412. The van der Waals surface area contributed by atoms with Crippen molar-refractivity contribution < 1.29 is 9.53 Å². The van der Waals surface area contributed by atoms with Crippen molar-refractivity contribution in [3.8, 4) is 5.69 Å². The first-order valence-electron chi connectivity index (χ1n) is 7.64. The zero-order valence-corrected chi connectivity index (χ0v) is 15.1. The zero-order chi connectivity index (χ0) is 17.9. The van der Waals surface area contributed by atoms with Gasteiger partial charge in [-0.05, 0) is 18.2 Å². The van der Waals surface area contributed by atoms with E-state index in [9.17, 15) is 4.79 Å². The summed E-state index contributed by atoms with van der Waals surface area (Å²) in [6.07, 6.45) is 0. The summed E-state index contributed by atoms with van der Waals surface area (Å²) in [5.74, 6) is 0.208. The molecule has 0 spiro atoms. The maximum absolute atomic E-state index is 12.2. The van der Waals surface area contributed by atoms with Crippen molar-refractivity contribution in [3.63, 3.8) is 0 Å². The number of carbonyl (C=O) groups is 1. The van der Waals surface area contributed by atoms with Crippen LogP contribution in [-0.4, -0.2) is 35.4 Å². The number of nitrogens with one attached hydrogen (secondary N) is 1. The number of hydrogen-bond donors (Lipinski definition) is 2. The van der Waals surface area contributed by atoms with E-state index in [0.717, 1.165) is 11.4 Å². The van der Waals surface area contributed by atoms with Gasteiger partial charge >= 0.3 is 0 Å². The summed E-state index contributed by atoms with van der Waals surface area (Å²) in [4.78, 5) is 12.2. The molecule has 0 fully saturated rings. The van der Waals surface area contributed by atoms with Crippen LogP contribution in [0.25, 0.3) is 5.69 Å². The van der Waals surface area contributed by atoms with Crippen molar-refractivity contribution in [2.45, 2.75) is 32.2 Å². The third kappa shape index (κ3) is 4.35. The number of carbonyl (C=O) groups excluding carboxylic acids is 1. The maximum atomic E-state index is 12.2. The Morgan fingerprint density at radius 1 is 1.42 bits per heavy atom. The highest BCUT2D eigenvalue weighted by atomic mass is 35.5. The highest BCUT2D eigenvalue weighted by molar-refractivity contribution is 6.30. The van der Waals surface area contributed by atoms with Crippen LogP contribution < -0.4 is 11.1 Å². The Balaban J connectivity index is 2.42. The molecule has 3 N–H and O–H groups in total. The van der Waals surface area contributed by atoms with Gasteiger partial charge in [0, 0.05) is 23.6 Å². The van der Waals surface area contributed by atoms with Crippen LogP contribution in [0, 0.1) is 0 Å². The molecule has 1 unspecified atom stereocenters. The number of methoxy groups -OCH3 is 1. The molecule has 1 heterocycles. The first-order valence-corrected chi connectivity index (χ1v) is 8.02. The number of halogens is 1. The van der Waals surface area contributed by atoms with Gasteiger partial charge in [0.05, 0.1) is 18.0 Å². The largest absolute Gasteiger partial charge is 0.383 e. The number of hydrogen-bond acceptors (Lipinski definition) is 4. The zero-order valence-electron chi connectivity index (χ0n) is 14.3. The van der Waals surface area contributed by atoms with Crippen molar-refractivity contribution >= 4 is 23.3 Å². The van der Waals surface area contributed by atoms with Crippen LogP contribution in [0.3, 0.4) is 0 Å². The minimum atomic E-state index is -0.754. The quantitative estimate of drug-likeness (QED) is 0.868. The molecule has 24 heavy (non-hydrogen) atoms. The van der Waals surface area contributed by atoms with Gasteiger partial charge in [0.1, 0.15) is 11.9 Å². The smallest absolute Gasteiger partial charge is 0.244 e. The Morgan fingerprint density at radius 2 is 2.12 bits per heavy atom. The lowest BCUT2D eigenvalue weighted by Gasteiger charge is -2.14. The molecule has 0 aliphatic carbocycles. The average Bonchev–Trinajstić information content (AvgIpc) is 2.91. The topological polar surface area (TPSA) is 82.2 Å². The molecule has 1 amide bonds. The van der Waals surface area contributed by atoms with Crippen LogP contribution in [0.5, 0.6) is 0 Å². The molecule has 0 saturated heterocycles. The molecule has 1 atom stereocenters. The second-order valence-electron chi connectivity index (χ2n) is 6.61. The lowest BCUT2D eigenvalue weighted by atomic mass is 9.92. The third-order valence-corrected chi connectivity index (χ3v) is 3.70. The molecule has 7 heteroatoms. The van der Waals surface area contributed by atoms with Crippen LogP contribution in [0.1, 0.15) is 26.5 Å². The Bertz CT molecular complexity index is 722. The highest BCUT2D eigenvalue weighted by Gasteiger charge is 2.23. The number of nitrogens with two attached hydrogens (primary N) is 1. The number of amides is 1. The van der Waals surface area contributed by atoms with E-state index in [1.807, 2.05) is 18.2 Å². The van der Waals surface area contributed by atoms with Crippen LogP contribution in [0.2, 0.25) is 5.02 Å². The van der Waals surface area contributed by atoms with Gasteiger partial charge in [-0.25, -0.2) is 4.68 Å². The molecule has 1 aromatic heterocycles. The number of ether oxygens (including phenoxy) is 1. The Hall–Kier alpha value is -1.89. The van der Waals surface area contributed by atoms with Gasteiger partial charge < -0.3 is 15.8 Å². The summed E-state index contributed by atoms with van der Waals surface area (Å²) in [6, 6.07) is 8.36. The number of rotatable bonds is 5. The molecule has 0 saturated carbocycles. The van der Waals surface area contributed by atoms with Gasteiger partial charge in [-0.2, -0.15) is 5.10 Å². The molecule has 0 bridgehead atoms. The molecule has 1 aromatic carbocycles. The van der Waals surface area contributed by atoms with Gasteiger partial charge in [0.2, 0.25) is 5.91 Å². The second kappa shape index (κ2) is 7.34. The molecule has 2 aromatic rings. The monoisotopic (exact) mass is 350 g/mol. The predicted molar refractivity (Wildman–Crippen MR) is 95.8 cm³/mol. The van der Waals surface area contributed by atoms with Gasteiger partial charge in [0.15, 0.2) is 0 Å². The maximum Gasteiger partial charge on any atom is 0.244 e. The number of benzene rings is 1. The Morgan fingerprint density at radius 3 is 2.71 bits per heavy atom. The van der Waals surface area contributed by atoms with Crippen molar-refractivity contribution in [2.75, 3.05) is 19.0 Å². The molecular formula is C17H23ClN4O2. The van der Waals surface area contributed by atoms with E-state index in [4.69, 9.17) is 22.1 Å². The summed E-state index contributed by atoms with van der Waals surface area (Å²) < 4.78 is 6.58. The standard InChI is InChI=1S/C17H23ClN4O2/c1-17(2,3)14-9-15(20-16(23)13(19)10-24-4)22(21-14)12-7-5-6-11(18)8-12/h5-9,13H,10,19H2,1-4H3,(H,20,23). The second-order valence-corrected chi connectivity index (χ2v) is 7.04. The van der Waals surface area contributed by atoms with Crippen LogP contribution in [-0.2, 0) is 14.9 Å². The normalized spacial score (nSPS) is 12.9. The van der Waals surface area contributed by atoms with Crippen molar-refractivity contribution in [1.29, 1.82) is 0 Å². The van der Waals surface area contributed by atoms with E-state index in [1.165, 1.54) is 7.11 Å². The van der Waals surface area contributed by atoms with Crippen molar-refractivity contribution in [3.05, 3.63) is 41.0 Å². The molecule has 6 nitrogen and oxygen atoms in total. The van der Waals surface area contributed by atoms with Crippen LogP contribution in [0.15, 0.2) is 30.3 Å². The molecule has 130 valence electrons. The Labute approximate surface area is 146 Å². The van der Waals surface area contributed by atoms with Crippen molar-refractivity contribution in [2.24, 2.45) is 5.73 Å².